The molecule has 86 valence electrons. The number of rotatable bonds is 2. The van der Waals surface area contributed by atoms with Gasteiger partial charge in [-0.05, 0) is 56.7 Å². The minimum absolute atomic E-state index is 0.194. The van der Waals surface area contributed by atoms with Crippen molar-refractivity contribution in [2.24, 2.45) is 0 Å². The third kappa shape index (κ3) is 3.47. The molecule has 6 heteroatoms. The SMILES string of the molecule is O=C(Nc1cnc(Br)cn1)c1cccc(I)c1. The highest BCUT2D eigenvalue weighted by Gasteiger charge is 2.06. The molecule has 2 aromatic rings. The lowest BCUT2D eigenvalue weighted by atomic mass is 10.2. The van der Waals surface area contributed by atoms with Crippen molar-refractivity contribution in [2.45, 2.75) is 0 Å². The van der Waals surface area contributed by atoms with Crippen LogP contribution in [-0.4, -0.2) is 15.9 Å². The summed E-state index contributed by atoms with van der Waals surface area (Å²) >= 11 is 5.34. The summed E-state index contributed by atoms with van der Waals surface area (Å²) in [5, 5.41) is 2.68. The molecule has 1 N–H and O–H groups in total. The fraction of sp³-hybridized carbons (Fsp3) is 0. The molecule has 1 amide bonds. The van der Waals surface area contributed by atoms with Gasteiger partial charge in [0.2, 0.25) is 0 Å². The maximum Gasteiger partial charge on any atom is 0.256 e. The van der Waals surface area contributed by atoms with Gasteiger partial charge in [-0.15, -0.1) is 0 Å². The number of carbonyl (C=O) groups is 1. The lowest BCUT2D eigenvalue weighted by Gasteiger charge is -2.04. The van der Waals surface area contributed by atoms with Crippen molar-refractivity contribution in [2.75, 3.05) is 5.32 Å². The first-order valence-electron chi connectivity index (χ1n) is 4.69. The van der Waals surface area contributed by atoms with Crippen molar-refractivity contribution in [3.63, 3.8) is 0 Å². The first-order valence-corrected chi connectivity index (χ1v) is 6.57. The number of anilines is 1. The molecule has 1 heterocycles. The van der Waals surface area contributed by atoms with Crippen LogP contribution < -0.4 is 5.32 Å². The highest BCUT2D eigenvalue weighted by molar-refractivity contribution is 14.1. The van der Waals surface area contributed by atoms with Crippen LogP contribution in [0, 0.1) is 3.57 Å². The Bertz CT molecular complexity index is 545. The molecule has 1 aromatic carbocycles. The lowest BCUT2D eigenvalue weighted by Crippen LogP contribution is -2.13. The molecule has 0 unspecified atom stereocenters. The topological polar surface area (TPSA) is 54.9 Å². The number of carbonyl (C=O) groups excluding carboxylic acids is 1. The molecule has 4 nitrogen and oxygen atoms in total. The Hall–Kier alpha value is -1.02. The monoisotopic (exact) mass is 403 g/mol. The third-order valence-electron chi connectivity index (χ3n) is 1.95. The lowest BCUT2D eigenvalue weighted by molar-refractivity contribution is 0.102. The van der Waals surface area contributed by atoms with E-state index in [1.54, 1.807) is 6.07 Å². The Morgan fingerprint density at radius 2 is 2.12 bits per heavy atom. The zero-order chi connectivity index (χ0) is 12.3. The molecule has 0 radical (unpaired) electrons. The van der Waals surface area contributed by atoms with Crippen LogP contribution in [0.5, 0.6) is 0 Å². The number of halogens is 2. The zero-order valence-corrected chi connectivity index (χ0v) is 12.3. The summed E-state index contributed by atoms with van der Waals surface area (Å²) in [6.45, 7) is 0. The largest absolute Gasteiger partial charge is 0.305 e. The van der Waals surface area contributed by atoms with Gasteiger partial charge in [-0.2, -0.15) is 0 Å². The Morgan fingerprint density at radius 3 is 2.76 bits per heavy atom. The van der Waals surface area contributed by atoms with E-state index in [1.165, 1.54) is 12.4 Å². The summed E-state index contributed by atoms with van der Waals surface area (Å²) in [6.07, 6.45) is 3.03. The molecule has 0 aliphatic heterocycles. The molecule has 2 rings (SSSR count). The van der Waals surface area contributed by atoms with Gasteiger partial charge in [-0.25, -0.2) is 9.97 Å². The standard InChI is InChI=1S/C11H7BrIN3O/c12-9-5-15-10(6-14-9)16-11(17)7-2-1-3-8(13)4-7/h1-6H,(H,15,16,17). The number of hydrogen-bond donors (Lipinski definition) is 1. The van der Waals surface area contributed by atoms with Crippen LogP contribution in [0.2, 0.25) is 0 Å². The third-order valence-corrected chi connectivity index (χ3v) is 3.03. The van der Waals surface area contributed by atoms with Crippen LogP contribution >= 0.6 is 38.5 Å². The number of benzene rings is 1. The normalized spacial score (nSPS) is 10.0. The van der Waals surface area contributed by atoms with Crippen molar-refractivity contribution < 1.29 is 4.79 Å². The molecule has 17 heavy (non-hydrogen) atoms. The van der Waals surface area contributed by atoms with E-state index in [9.17, 15) is 4.79 Å². The highest BCUT2D eigenvalue weighted by Crippen LogP contribution is 2.11. The van der Waals surface area contributed by atoms with E-state index in [0.717, 1.165) is 3.57 Å². The number of amides is 1. The van der Waals surface area contributed by atoms with Crippen molar-refractivity contribution in [3.05, 3.63) is 50.4 Å². The van der Waals surface area contributed by atoms with Crippen LogP contribution in [0.25, 0.3) is 0 Å². The van der Waals surface area contributed by atoms with Crippen molar-refractivity contribution in [3.8, 4) is 0 Å². The number of nitrogens with zero attached hydrogens (tertiary/aromatic N) is 2. The van der Waals surface area contributed by atoms with Gasteiger partial charge in [-0.1, -0.05) is 6.07 Å². The second kappa shape index (κ2) is 5.54. The number of aromatic nitrogens is 2. The van der Waals surface area contributed by atoms with E-state index in [4.69, 9.17) is 0 Å². The van der Waals surface area contributed by atoms with Crippen molar-refractivity contribution in [1.82, 2.24) is 9.97 Å². The Morgan fingerprint density at radius 1 is 1.29 bits per heavy atom. The average molecular weight is 404 g/mol. The van der Waals surface area contributed by atoms with Crippen LogP contribution in [0.3, 0.4) is 0 Å². The molecule has 0 saturated carbocycles. The first kappa shape index (κ1) is 12.4. The van der Waals surface area contributed by atoms with Crippen LogP contribution in [0.4, 0.5) is 5.82 Å². The summed E-state index contributed by atoms with van der Waals surface area (Å²) in [4.78, 5) is 19.9. The van der Waals surface area contributed by atoms with Crippen molar-refractivity contribution >= 4 is 50.2 Å². The first-order chi connectivity index (χ1) is 8.15. The van der Waals surface area contributed by atoms with E-state index < -0.39 is 0 Å². The van der Waals surface area contributed by atoms with Gasteiger partial charge in [0, 0.05) is 9.13 Å². The molecule has 0 atom stereocenters. The van der Waals surface area contributed by atoms with Crippen molar-refractivity contribution in [1.29, 1.82) is 0 Å². The van der Waals surface area contributed by atoms with Gasteiger partial charge in [0.15, 0.2) is 5.82 Å². The predicted molar refractivity (Wildman–Crippen MR) is 76.8 cm³/mol. The Labute approximate surface area is 120 Å². The minimum Gasteiger partial charge on any atom is -0.305 e. The number of nitrogens with one attached hydrogen (secondary N) is 1. The zero-order valence-electron chi connectivity index (χ0n) is 8.52. The summed E-state index contributed by atoms with van der Waals surface area (Å²) in [5.74, 6) is 0.234. The van der Waals surface area contributed by atoms with Gasteiger partial charge < -0.3 is 5.32 Å². The van der Waals surface area contributed by atoms with Gasteiger partial charge in [0.05, 0.1) is 12.4 Å². The highest BCUT2D eigenvalue weighted by atomic mass is 127. The predicted octanol–water partition coefficient (Wildman–Crippen LogP) is 3.10. The van der Waals surface area contributed by atoms with Crippen LogP contribution in [0.1, 0.15) is 10.4 Å². The Balaban J connectivity index is 2.14. The molecule has 0 spiro atoms. The van der Waals surface area contributed by atoms with Gasteiger partial charge >= 0.3 is 0 Å². The summed E-state index contributed by atoms with van der Waals surface area (Å²) < 4.78 is 1.64. The molecular weight excluding hydrogens is 397 g/mol. The van der Waals surface area contributed by atoms with E-state index in [2.05, 4.69) is 53.8 Å². The average Bonchev–Trinajstić information content (AvgIpc) is 2.32. The molecule has 1 aromatic heterocycles. The second-order valence-electron chi connectivity index (χ2n) is 3.19. The molecule has 0 bridgehead atoms. The fourth-order valence-electron chi connectivity index (χ4n) is 1.20. The summed E-state index contributed by atoms with van der Waals surface area (Å²) in [5.41, 5.74) is 0.599. The quantitative estimate of drug-likeness (QED) is 0.784. The molecule has 0 aliphatic rings. The second-order valence-corrected chi connectivity index (χ2v) is 5.25. The summed E-state index contributed by atoms with van der Waals surface area (Å²) in [7, 11) is 0. The van der Waals surface area contributed by atoms with E-state index >= 15 is 0 Å². The molecular formula is C11H7BrIN3O. The minimum atomic E-state index is -0.194. The fourth-order valence-corrected chi connectivity index (χ4v) is 1.94. The van der Waals surface area contributed by atoms with Crippen LogP contribution in [0.15, 0.2) is 41.3 Å². The summed E-state index contributed by atoms with van der Waals surface area (Å²) in [6, 6.07) is 7.33. The van der Waals surface area contributed by atoms with E-state index in [-0.39, 0.29) is 5.91 Å². The molecule has 0 fully saturated rings. The van der Waals surface area contributed by atoms with Gasteiger partial charge in [-0.3, -0.25) is 4.79 Å². The van der Waals surface area contributed by atoms with Crippen LogP contribution in [-0.2, 0) is 0 Å². The van der Waals surface area contributed by atoms with Gasteiger partial charge in [0.25, 0.3) is 5.91 Å². The molecule has 0 saturated heterocycles. The van der Waals surface area contributed by atoms with E-state index in [1.807, 2.05) is 18.2 Å². The number of hydrogen-bond acceptors (Lipinski definition) is 3. The molecule has 0 aliphatic carbocycles. The maximum absolute atomic E-state index is 11.9. The Kier molecular flexibility index (Phi) is 4.06. The van der Waals surface area contributed by atoms with Gasteiger partial charge in [0.1, 0.15) is 4.60 Å². The smallest absolute Gasteiger partial charge is 0.256 e. The maximum atomic E-state index is 11.9. The van der Waals surface area contributed by atoms with E-state index in [0.29, 0.717) is 16.0 Å².